The number of oxazole rings is 1. The minimum absolute atomic E-state index is 0.0285. The van der Waals surface area contributed by atoms with Crippen molar-refractivity contribution in [2.45, 2.75) is 25.7 Å². The molecule has 1 aliphatic heterocycles. The molecule has 45 heavy (non-hydrogen) atoms. The number of fused-ring (bicyclic) bond motifs is 2. The number of imidazole rings is 1. The van der Waals surface area contributed by atoms with Crippen molar-refractivity contribution in [1.82, 2.24) is 14.5 Å². The van der Waals surface area contributed by atoms with Crippen molar-refractivity contribution in [3.05, 3.63) is 130 Å². The SMILES string of the molecule is CC1(c2ccc(Cl)cc2F)Oc2cccc(-c3cc(F)c(Cc4nc5ccc(C(=O)O)cc5n4Cc4ncco4)c(F)c3)c2O1. The largest absolute Gasteiger partial charge is 0.478 e. The number of benzene rings is 4. The second kappa shape index (κ2) is 10.7. The van der Waals surface area contributed by atoms with E-state index in [9.17, 15) is 14.3 Å². The van der Waals surface area contributed by atoms with Gasteiger partial charge < -0.3 is 23.6 Å². The van der Waals surface area contributed by atoms with Gasteiger partial charge in [-0.25, -0.2) is 27.9 Å². The summed E-state index contributed by atoms with van der Waals surface area (Å²) in [6.45, 7) is 1.60. The molecule has 1 unspecified atom stereocenters. The smallest absolute Gasteiger partial charge is 0.335 e. The van der Waals surface area contributed by atoms with Gasteiger partial charge in [0.1, 0.15) is 36.1 Å². The van der Waals surface area contributed by atoms with Gasteiger partial charge in [-0.1, -0.05) is 23.7 Å². The Balaban J connectivity index is 1.25. The average molecular weight is 632 g/mol. The Bertz CT molecular complexity index is 2110. The molecule has 1 aliphatic rings. The zero-order valence-electron chi connectivity index (χ0n) is 23.4. The molecule has 226 valence electrons. The maximum absolute atomic E-state index is 15.8. The van der Waals surface area contributed by atoms with Crippen molar-refractivity contribution in [2.24, 2.45) is 0 Å². The molecular weight excluding hydrogens is 611 g/mol. The fourth-order valence-corrected chi connectivity index (χ4v) is 5.65. The molecule has 1 atom stereocenters. The third kappa shape index (κ3) is 5.04. The van der Waals surface area contributed by atoms with Gasteiger partial charge in [0, 0.05) is 29.5 Å². The van der Waals surface area contributed by atoms with Crippen LogP contribution in [0, 0.1) is 17.5 Å². The Morgan fingerprint density at radius 3 is 2.51 bits per heavy atom. The molecule has 1 N–H and O–H groups in total. The van der Waals surface area contributed by atoms with Crippen LogP contribution in [0.3, 0.4) is 0 Å². The molecule has 6 aromatic rings. The normalized spacial score (nSPS) is 15.6. The van der Waals surface area contributed by atoms with E-state index in [1.54, 1.807) is 22.8 Å². The van der Waals surface area contributed by atoms with Crippen LogP contribution in [0.15, 0.2) is 83.6 Å². The Kier molecular flexibility index (Phi) is 6.77. The molecule has 2 aromatic heterocycles. The monoisotopic (exact) mass is 631 g/mol. The number of halogens is 4. The highest BCUT2D eigenvalue weighted by molar-refractivity contribution is 6.30. The molecule has 0 amide bonds. The summed E-state index contributed by atoms with van der Waals surface area (Å²) in [6, 6.07) is 15.7. The van der Waals surface area contributed by atoms with E-state index in [1.165, 1.54) is 61.8 Å². The van der Waals surface area contributed by atoms with E-state index in [0.717, 1.165) is 6.07 Å². The molecule has 8 nitrogen and oxygen atoms in total. The van der Waals surface area contributed by atoms with E-state index < -0.39 is 29.2 Å². The van der Waals surface area contributed by atoms with Crippen LogP contribution >= 0.6 is 11.6 Å². The maximum Gasteiger partial charge on any atom is 0.335 e. The van der Waals surface area contributed by atoms with Crippen LogP contribution in [-0.4, -0.2) is 25.6 Å². The molecule has 3 heterocycles. The molecule has 0 saturated heterocycles. The van der Waals surface area contributed by atoms with E-state index in [2.05, 4.69) is 9.97 Å². The van der Waals surface area contributed by atoms with Crippen LogP contribution in [0.1, 0.15) is 40.1 Å². The first-order valence-corrected chi connectivity index (χ1v) is 14.0. The fourth-order valence-electron chi connectivity index (χ4n) is 5.49. The summed E-state index contributed by atoms with van der Waals surface area (Å²) >= 11 is 5.91. The van der Waals surface area contributed by atoms with Crippen LogP contribution in [0.2, 0.25) is 5.02 Å². The van der Waals surface area contributed by atoms with Crippen LogP contribution < -0.4 is 9.47 Å². The zero-order valence-corrected chi connectivity index (χ0v) is 24.1. The lowest BCUT2D eigenvalue weighted by Gasteiger charge is -2.24. The zero-order chi connectivity index (χ0) is 31.5. The topological polar surface area (TPSA) is 99.6 Å². The van der Waals surface area contributed by atoms with Crippen molar-refractivity contribution in [3.8, 4) is 22.6 Å². The lowest BCUT2D eigenvalue weighted by molar-refractivity contribution is -0.0705. The fraction of sp³-hybridized carbons (Fsp3) is 0.121. The number of aromatic nitrogens is 3. The summed E-state index contributed by atoms with van der Waals surface area (Å²) in [5.74, 6) is -3.94. The quantitative estimate of drug-likeness (QED) is 0.192. The number of carbonyl (C=O) groups is 1. The lowest BCUT2D eigenvalue weighted by Crippen LogP contribution is -2.32. The number of nitrogens with zero attached hydrogens (tertiary/aromatic N) is 3. The Hall–Kier alpha value is -5.29. The van der Waals surface area contributed by atoms with Gasteiger partial charge in [-0.3, -0.25) is 0 Å². The summed E-state index contributed by atoms with van der Waals surface area (Å²) in [5, 5.41) is 9.70. The highest BCUT2D eigenvalue weighted by Gasteiger charge is 2.42. The van der Waals surface area contributed by atoms with Gasteiger partial charge in [0.05, 0.1) is 28.4 Å². The predicted octanol–water partition coefficient (Wildman–Crippen LogP) is 7.74. The highest BCUT2D eigenvalue weighted by Crippen LogP contribution is 2.50. The summed E-state index contributed by atoms with van der Waals surface area (Å²) in [4.78, 5) is 20.3. The van der Waals surface area contributed by atoms with E-state index >= 15 is 8.78 Å². The number of para-hydroxylation sites is 1. The van der Waals surface area contributed by atoms with E-state index in [0.29, 0.717) is 22.5 Å². The summed E-state index contributed by atoms with van der Waals surface area (Å²) in [5.41, 5.74) is 1.28. The van der Waals surface area contributed by atoms with Crippen molar-refractivity contribution >= 4 is 28.6 Å². The van der Waals surface area contributed by atoms with E-state index in [-0.39, 0.29) is 57.6 Å². The second-order valence-electron chi connectivity index (χ2n) is 10.6. The third-order valence-corrected chi connectivity index (χ3v) is 7.87. The number of carboxylic acids is 1. The van der Waals surface area contributed by atoms with Crippen LogP contribution in [0.25, 0.3) is 22.2 Å². The Labute approximate surface area is 258 Å². The molecule has 0 saturated carbocycles. The van der Waals surface area contributed by atoms with Crippen molar-refractivity contribution in [2.75, 3.05) is 0 Å². The number of hydrogen-bond acceptors (Lipinski definition) is 6. The van der Waals surface area contributed by atoms with Gasteiger partial charge in [0.25, 0.3) is 5.79 Å². The van der Waals surface area contributed by atoms with Crippen LogP contribution in [-0.2, 0) is 18.8 Å². The minimum Gasteiger partial charge on any atom is -0.478 e. The van der Waals surface area contributed by atoms with Gasteiger partial charge in [-0.15, -0.1) is 0 Å². The molecular formula is C33H21ClF3N3O5. The number of hydrogen-bond donors (Lipinski definition) is 1. The lowest BCUT2D eigenvalue weighted by atomic mass is 10.00. The molecule has 0 bridgehead atoms. The first-order chi connectivity index (χ1) is 21.6. The molecule has 0 spiro atoms. The van der Waals surface area contributed by atoms with Crippen molar-refractivity contribution < 1.29 is 37.0 Å². The molecule has 0 aliphatic carbocycles. The third-order valence-electron chi connectivity index (χ3n) is 7.64. The summed E-state index contributed by atoms with van der Waals surface area (Å²) in [7, 11) is 0. The molecule has 12 heteroatoms. The van der Waals surface area contributed by atoms with Crippen LogP contribution in [0.4, 0.5) is 13.2 Å². The molecule has 0 radical (unpaired) electrons. The molecule has 0 fully saturated rings. The first-order valence-electron chi connectivity index (χ1n) is 13.7. The van der Waals surface area contributed by atoms with Crippen molar-refractivity contribution in [1.29, 1.82) is 0 Å². The van der Waals surface area contributed by atoms with E-state index in [1.807, 2.05) is 0 Å². The van der Waals surface area contributed by atoms with E-state index in [4.69, 9.17) is 25.5 Å². The Morgan fingerprint density at radius 1 is 1.00 bits per heavy atom. The first kappa shape index (κ1) is 28.5. The van der Waals surface area contributed by atoms with Gasteiger partial charge in [0.2, 0.25) is 5.89 Å². The highest BCUT2D eigenvalue weighted by atomic mass is 35.5. The van der Waals surface area contributed by atoms with Crippen LogP contribution in [0.5, 0.6) is 11.5 Å². The van der Waals surface area contributed by atoms with Gasteiger partial charge in [-0.05, 0) is 60.2 Å². The van der Waals surface area contributed by atoms with Gasteiger partial charge >= 0.3 is 5.97 Å². The molecule has 7 rings (SSSR count). The predicted molar refractivity (Wildman–Crippen MR) is 157 cm³/mol. The number of rotatable bonds is 7. The number of ether oxygens (including phenoxy) is 2. The standard InChI is InChI=1S/C33H21ClF3N3O5/c1-33(22-7-6-19(34)14-25(22)37)44-28-4-2-3-20(31(28)45-33)18-11-23(35)21(24(36)12-18)15-29-39-26-8-5-17(32(41)42)13-27(26)40(29)16-30-38-9-10-43-30/h2-14H,15-16H2,1H3,(H,41,42). The molecule has 4 aromatic carbocycles. The summed E-state index contributed by atoms with van der Waals surface area (Å²) < 4.78 is 65.4. The van der Waals surface area contributed by atoms with Gasteiger partial charge in [-0.2, -0.15) is 0 Å². The second-order valence-corrected chi connectivity index (χ2v) is 11.0. The number of aromatic carboxylic acids is 1. The number of carboxylic acid groups (broad SMARTS) is 1. The van der Waals surface area contributed by atoms with Crippen molar-refractivity contribution in [3.63, 3.8) is 0 Å². The minimum atomic E-state index is -1.55. The van der Waals surface area contributed by atoms with Gasteiger partial charge in [0.15, 0.2) is 11.5 Å². The Morgan fingerprint density at radius 2 is 1.80 bits per heavy atom. The summed E-state index contributed by atoms with van der Waals surface area (Å²) in [6.07, 6.45) is 2.59. The average Bonchev–Trinajstić information content (AvgIpc) is 3.72. The maximum atomic E-state index is 15.8.